The van der Waals surface area contributed by atoms with Gasteiger partial charge in [0.05, 0.1) is 0 Å². The molecule has 0 aliphatic heterocycles. The fraction of sp³-hybridized carbons (Fsp3) is 0.222. The second-order valence-electron chi connectivity index (χ2n) is 2.89. The van der Waals surface area contributed by atoms with Gasteiger partial charge in [0, 0.05) is 0 Å². The minimum absolute atomic E-state index is 0.0159. The minimum atomic E-state index is -0.624. The maximum atomic E-state index is 11.4. The van der Waals surface area contributed by atoms with Gasteiger partial charge < -0.3 is 0 Å². The first-order chi connectivity index (χ1) is 7.45. The molecule has 0 aliphatic carbocycles. The number of aromatic nitrogens is 1. The predicted molar refractivity (Wildman–Crippen MR) is 60.3 cm³/mol. The normalized spacial score (nSPS) is 9.75. The Hall–Kier alpha value is -0.821. The third-order valence-corrected chi connectivity index (χ3v) is 2.76. The monoisotopic (exact) mass is 347 g/mol. The molecule has 0 saturated heterocycles. The van der Waals surface area contributed by atoms with Crippen LogP contribution in [-0.4, -0.2) is 46.5 Å². The number of carbonyl (C=O) groups is 2. The van der Waals surface area contributed by atoms with E-state index in [0.29, 0.717) is 9.40 Å². The first kappa shape index (κ1) is 13.2. The molecule has 5 nitrogen and oxygen atoms in total. The SMILES string of the molecule is COC(=O)c1n[c]([Sn])cc(NC(C)=O)c1Cl. The van der Waals surface area contributed by atoms with Crippen molar-refractivity contribution in [3.05, 3.63) is 16.8 Å². The van der Waals surface area contributed by atoms with Crippen LogP contribution in [0.2, 0.25) is 5.02 Å². The molecule has 1 rings (SSSR count). The van der Waals surface area contributed by atoms with Gasteiger partial charge in [-0.3, -0.25) is 0 Å². The molecular formula is C9H8ClN2O3Sn. The number of carbonyl (C=O) groups excluding carboxylic acids is 2. The van der Waals surface area contributed by atoms with Gasteiger partial charge in [-0.15, -0.1) is 0 Å². The standard InChI is InChI=1S/C9H8ClN2O3.Sn/c1-5(13)12-6-3-4-11-8(7(6)10)9(14)15-2;/h3H,1-2H3,(H,11,12,13);. The fourth-order valence-electron chi connectivity index (χ4n) is 1.04. The molecule has 3 radical (unpaired) electrons. The molecule has 0 spiro atoms. The van der Waals surface area contributed by atoms with Gasteiger partial charge >= 0.3 is 111 Å². The molecule has 1 aromatic heterocycles. The summed E-state index contributed by atoms with van der Waals surface area (Å²) in [4.78, 5) is 26.3. The number of ether oxygens (including phenoxy) is 1. The molecule has 0 fully saturated rings. The molecule has 0 saturated carbocycles. The number of nitrogens with one attached hydrogen (secondary N) is 1. The molecule has 0 atom stereocenters. The number of hydrogen-bond acceptors (Lipinski definition) is 4. The number of methoxy groups -OCH3 is 1. The first-order valence-corrected chi connectivity index (χ1v) is 6.04. The number of rotatable bonds is 2. The predicted octanol–water partition coefficient (Wildman–Crippen LogP) is 0.274. The zero-order chi connectivity index (χ0) is 12.3. The Morgan fingerprint density at radius 2 is 2.19 bits per heavy atom. The third-order valence-electron chi connectivity index (χ3n) is 1.65. The van der Waals surface area contributed by atoms with Crippen LogP contribution in [0.5, 0.6) is 0 Å². The van der Waals surface area contributed by atoms with Crippen molar-refractivity contribution in [2.45, 2.75) is 6.92 Å². The van der Waals surface area contributed by atoms with E-state index in [-0.39, 0.29) is 16.6 Å². The molecule has 1 amide bonds. The molecule has 7 heteroatoms. The molecular weight excluding hydrogens is 338 g/mol. The summed E-state index contributed by atoms with van der Waals surface area (Å²) in [6.07, 6.45) is 0. The Balaban J connectivity index is 3.25. The molecule has 1 N–H and O–H groups in total. The van der Waals surface area contributed by atoms with Crippen molar-refractivity contribution in [2.75, 3.05) is 12.4 Å². The van der Waals surface area contributed by atoms with Crippen molar-refractivity contribution in [3.8, 4) is 0 Å². The topological polar surface area (TPSA) is 68.3 Å². The number of esters is 1. The van der Waals surface area contributed by atoms with Crippen LogP contribution in [0, 0.1) is 0 Å². The number of nitrogens with zero attached hydrogens (tertiary/aromatic N) is 1. The van der Waals surface area contributed by atoms with E-state index < -0.39 is 5.97 Å². The van der Waals surface area contributed by atoms with Gasteiger partial charge in [-0.25, -0.2) is 0 Å². The molecule has 0 bridgehead atoms. The van der Waals surface area contributed by atoms with Gasteiger partial charge in [0.25, 0.3) is 0 Å². The number of hydrogen-bond donors (Lipinski definition) is 1. The van der Waals surface area contributed by atoms with Crippen LogP contribution in [-0.2, 0) is 9.53 Å². The van der Waals surface area contributed by atoms with Crippen LogP contribution in [0.4, 0.5) is 5.69 Å². The van der Waals surface area contributed by atoms with E-state index in [1.807, 2.05) is 0 Å². The van der Waals surface area contributed by atoms with E-state index in [4.69, 9.17) is 11.6 Å². The summed E-state index contributed by atoms with van der Waals surface area (Å²) in [5.41, 5.74) is 0.388. The van der Waals surface area contributed by atoms with Crippen LogP contribution < -0.4 is 9.03 Å². The summed E-state index contributed by atoms with van der Waals surface area (Å²) in [5, 5.41) is 2.62. The molecule has 0 aromatic carbocycles. The number of anilines is 1. The molecule has 16 heavy (non-hydrogen) atoms. The number of pyridine rings is 1. The van der Waals surface area contributed by atoms with E-state index in [2.05, 4.69) is 15.0 Å². The van der Waals surface area contributed by atoms with Crippen LogP contribution in [0.3, 0.4) is 0 Å². The van der Waals surface area contributed by atoms with Crippen LogP contribution in [0.1, 0.15) is 17.4 Å². The Kier molecular flexibility index (Phi) is 4.54. The molecule has 1 heterocycles. The van der Waals surface area contributed by atoms with Gasteiger partial charge in [0.15, 0.2) is 0 Å². The Morgan fingerprint density at radius 3 is 2.69 bits per heavy atom. The Bertz CT molecular complexity index is 451. The van der Waals surface area contributed by atoms with E-state index in [0.717, 1.165) is 22.5 Å². The Morgan fingerprint density at radius 1 is 1.56 bits per heavy atom. The average molecular weight is 346 g/mol. The van der Waals surface area contributed by atoms with Crippen molar-refractivity contribution in [2.24, 2.45) is 0 Å². The van der Waals surface area contributed by atoms with Gasteiger partial charge in [-0.1, -0.05) is 0 Å². The zero-order valence-corrected chi connectivity index (χ0v) is 12.2. The van der Waals surface area contributed by atoms with Gasteiger partial charge in [0.1, 0.15) is 0 Å². The molecule has 0 aliphatic rings. The van der Waals surface area contributed by atoms with Crippen molar-refractivity contribution in [1.82, 2.24) is 4.98 Å². The maximum absolute atomic E-state index is 11.4. The summed E-state index contributed by atoms with van der Waals surface area (Å²) < 4.78 is 5.20. The van der Waals surface area contributed by atoms with Crippen molar-refractivity contribution < 1.29 is 14.3 Å². The van der Waals surface area contributed by atoms with Crippen LogP contribution in [0.25, 0.3) is 0 Å². The van der Waals surface area contributed by atoms with Crippen molar-refractivity contribution in [1.29, 1.82) is 0 Å². The van der Waals surface area contributed by atoms with Gasteiger partial charge in [-0.2, -0.15) is 0 Å². The number of halogens is 1. The van der Waals surface area contributed by atoms with E-state index in [1.54, 1.807) is 6.07 Å². The zero-order valence-electron chi connectivity index (χ0n) is 8.63. The molecule has 83 valence electrons. The summed E-state index contributed by atoms with van der Waals surface area (Å²) in [6.45, 7) is 1.36. The van der Waals surface area contributed by atoms with Crippen molar-refractivity contribution in [3.63, 3.8) is 0 Å². The summed E-state index contributed by atoms with van der Waals surface area (Å²) >= 11 is 6.94. The second-order valence-corrected chi connectivity index (χ2v) is 4.73. The molecule has 1 aromatic rings. The van der Waals surface area contributed by atoms with Gasteiger partial charge in [0.2, 0.25) is 0 Å². The third kappa shape index (κ3) is 3.08. The van der Waals surface area contributed by atoms with Gasteiger partial charge in [-0.05, 0) is 0 Å². The number of amides is 1. The van der Waals surface area contributed by atoms with Crippen molar-refractivity contribution >= 4 is 55.4 Å². The Labute approximate surface area is 111 Å². The quantitative estimate of drug-likeness (QED) is 0.617. The van der Waals surface area contributed by atoms with Crippen LogP contribution in [0.15, 0.2) is 6.07 Å². The van der Waals surface area contributed by atoms with E-state index in [1.165, 1.54) is 14.0 Å². The fourth-order valence-corrected chi connectivity index (χ4v) is 1.99. The van der Waals surface area contributed by atoms with E-state index in [9.17, 15) is 9.59 Å². The first-order valence-electron chi connectivity index (χ1n) is 4.23. The summed E-state index contributed by atoms with van der Waals surface area (Å²) in [7, 11) is 1.24. The molecule has 0 unspecified atom stereocenters. The summed E-state index contributed by atoms with van der Waals surface area (Å²) in [6, 6.07) is 1.62. The second kappa shape index (κ2) is 5.49. The van der Waals surface area contributed by atoms with E-state index >= 15 is 0 Å². The van der Waals surface area contributed by atoms with Crippen LogP contribution >= 0.6 is 11.6 Å². The average Bonchev–Trinajstić information content (AvgIpc) is 2.21. The summed E-state index contributed by atoms with van der Waals surface area (Å²) in [5.74, 6) is -0.889.